The number of alkyl halides is 3. The second kappa shape index (κ2) is 7.50. The molecule has 4 nitrogen and oxygen atoms in total. The predicted octanol–water partition coefficient (Wildman–Crippen LogP) is 5.74. The van der Waals surface area contributed by atoms with Crippen LogP contribution in [0.1, 0.15) is 21.6 Å². The minimum absolute atomic E-state index is 0.0571. The molecule has 0 spiro atoms. The van der Waals surface area contributed by atoms with Crippen LogP contribution in [0.4, 0.5) is 13.2 Å². The molecule has 0 saturated heterocycles. The minimum atomic E-state index is -4.58. The first kappa shape index (κ1) is 20.0. The Bertz CT molecular complexity index is 1290. The number of ether oxygens (including phenoxy) is 1. The molecule has 1 amide bonds. The highest BCUT2D eigenvalue weighted by Gasteiger charge is 2.33. The van der Waals surface area contributed by atoms with Crippen molar-refractivity contribution in [1.82, 2.24) is 4.98 Å². The van der Waals surface area contributed by atoms with E-state index >= 15 is 0 Å². The van der Waals surface area contributed by atoms with Crippen molar-refractivity contribution in [2.24, 2.45) is 5.73 Å². The van der Waals surface area contributed by atoms with E-state index in [1.807, 2.05) is 24.3 Å². The molecular formula is C22H14ClF3N2O2. The number of carbonyl (C=O) groups is 1. The van der Waals surface area contributed by atoms with Crippen LogP contribution in [-0.2, 0) is 12.8 Å². The topological polar surface area (TPSA) is 65.2 Å². The third-order valence-electron chi connectivity index (χ3n) is 4.64. The van der Waals surface area contributed by atoms with Gasteiger partial charge in [-0.05, 0) is 35.2 Å². The normalized spacial score (nSPS) is 11.7. The van der Waals surface area contributed by atoms with Crippen LogP contribution in [0.25, 0.3) is 21.7 Å². The standard InChI is InChI=1S/C22H14ClF3N2O2/c23-17-10-19(22(24,25)26)28-18-8-5-12(9-16(17)18)11-30-20-14-4-2-1-3-13(14)6-7-15(20)21(27)29/h1-10H,11H2,(H2,27,29). The number of benzene rings is 3. The Labute approximate surface area is 174 Å². The smallest absolute Gasteiger partial charge is 0.433 e. The van der Waals surface area contributed by atoms with Gasteiger partial charge in [-0.15, -0.1) is 0 Å². The average molecular weight is 431 g/mol. The summed E-state index contributed by atoms with van der Waals surface area (Å²) in [5.41, 5.74) is 5.45. The Morgan fingerprint density at radius 3 is 2.53 bits per heavy atom. The van der Waals surface area contributed by atoms with Crippen molar-refractivity contribution in [3.63, 3.8) is 0 Å². The van der Waals surface area contributed by atoms with Crippen molar-refractivity contribution in [2.75, 3.05) is 0 Å². The van der Waals surface area contributed by atoms with Gasteiger partial charge in [0, 0.05) is 10.8 Å². The number of rotatable bonds is 4. The van der Waals surface area contributed by atoms with Gasteiger partial charge in [-0.1, -0.05) is 48.0 Å². The van der Waals surface area contributed by atoms with Crippen molar-refractivity contribution < 1.29 is 22.7 Å². The molecule has 2 N–H and O–H groups in total. The zero-order chi connectivity index (χ0) is 21.5. The average Bonchev–Trinajstić information content (AvgIpc) is 2.71. The summed E-state index contributed by atoms with van der Waals surface area (Å²) in [6.07, 6.45) is -4.58. The third-order valence-corrected chi connectivity index (χ3v) is 4.95. The Balaban J connectivity index is 1.70. The van der Waals surface area contributed by atoms with Crippen LogP contribution < -0.4 is 10.5 Å². The fourth-order valence-corrected chi connectivity index (χ4v) is 3.47. The van der Waals surface area contributed by atoms with Crippen LogP contribution in [0, 0.1) is 0 Å². The molecule has 0 atom stereocenters. The van der Waals surface area contributed by atoms with Gasteiger partial charge < -0.3 is 10.5 Å². The van der Waals surface area contributed by atoms with Crippen LogP contribution in [0.3, 0.4) is 0 Å². The number of hydrogen-bond donors (Lipinski definition) is 1. The molecule has 4 rings (SSSR count). The van der Waals surface area contributed by atoms with Gasteiger partial charge in [0.05, 0.1) is 16.1 Å². The predicted molar refractivity (Wildman–Crippen MR) is 109 cm³/mol. The molecule has 0 aliphatic carbocycles. The zero-order valence-electron chi connectivity index (χ0n) is 15.3. The summed E-state index contributed by atoms with van der Waals surface area (Å²) < 4.78 is 44.7. The molecule has 0 fully saturated rings. The quantitative estimate of drug-likeness (QED) is 0.449. The monoisotopic (exact) mass is 430 g/mol. The molecular weight excluding hydrogens is 417 g/mol. The summed E-state index contributed by atoms with van der Waals surface area (Å²) in [5, 5.41) is 1.92. The highest BCUT2D eigenvalue weighted by molar-refractivity contribution is 6.35. The third kappa shape index (κ3) is 3.76. The number of carbonyl (C=O) groups excluding carboxylic acids is 1. The van der Waals surface area contributed by atoms with Gasteiger partial charge in [-0.2, -0.15) is 13.2 Å². The first-order chi connectivity index (χ1) is 14.2. The zero-order valence-corrected chi connectivity index (χ0v) is 16.1. The van der Waals surface area contributed by atoms with Crippen LogP contribution in [0.15, 0.2) is 60.7 Å². The lowest BCUT2D eigenvalue weighted by Crippen LogP contribution is -2.13. The summed E-state index contributed by atoms with van der Waals surface area (Å²) in [6, 6.07) is 16.2. The van der Waals surface area contributed by atoms with Crippen LogP contribution >= 0.6 is 11.6 Å². The maximum Gasteiger partial charge on any atom is 0.433 e. The highest BCUT2D eigenvalue weighted by atomic mass is 35.5. The first-order valence-corrected chi connectivity index (χ1v) is 9.22. The fourth-order valence-electron chi connectivity index (χ4n) is 3.21. The molecule has 30 heavy (non-hydrogen) atoms. The SMILES string of the molecule is NC(=O)c1ccc2ccccc2c1OCc1ccc2nc(C(F)(F)F)cc(Cl)c2c1. The first-order valence-electron chi connectivity index (χ1n) is 8.85. The number of nitrogens with zero attached hydrogens (tertiary/aromatic N) is 1. The van der Waals surface area contributed by atoms with Crippen molar-refractivity contribution in [3.8, 4) is 5.75 Å². The summed E-state index contributed by atoms with van der Waals surface area (Å²) in [6.45, 7) is 0.0571. The van der Waals surface area contributed by atoms with E-state index in [-0.39, 0.29) is 22.7 Å². The number of fused-ring (bicyclic) bond motifs is 2. The van der Waals surface area contributed by atoms with Crippen molar-refractivity contribution in [2.45, 2.75) is 12.8 Å². The van der Waals surface area contributed by atoms with E-state index in [1.165, 1.54) is 6.07 Å². The van der Waals surface area contributed by atoms with Crippen molar-refractivity contribution >= 4 is 39.2 Å². The van der Waals surface area contributed by atoms with Crippen molar-refractivity contribution in [3.05, 3.63) is 82.5 Å². The van der Waals surface area contributed by atoms with Crippen LogP contribution in [0.5, 0.6) is 5.75 Å². The lowest BCUT2D eigenvalue weighted by atomic mass is 10.0. The van der Waals surface area contributed by atoms with Gasteiger partial charge in [0.25, 0.3) is 5.91 Å². The lowest BCUT2D eigenvalue weighted by molar-refractivity contribution is -0.140. The van der Waals surface area contributed by atoms with E-state index in [0.717, 1.165) is 16.8 Å². The molecule has 0 saturated carbocycles. The Morgan fingerprint density at radius 1 is 1.03 bits per heavy atom. The molecule has 8 heteroatoms. The summed E-state index contributed by atoms with van der Waals surface area (Å²) in [5.74, 6) is -0.279. The molecule has 0 bridgehead atoms. The second-order valence-electron chi connectivity index (χ2n) is 6.65. The Morgan fingerprint density at radius 2 is 1.80 bits per heavy atom. The molecule has 0 unspecified atom stereocenters. The molecule has 152 valence electrons. The number of halogens is 4. The molecule has 4 aromatic rings. The van der Waals surface area contributed by atoms with Gasteiger partial charge in [-0.25, -0.2) is 4.98 Å². The second-order valence-corrected chi connectivity index (χ2v) is 7.06. The van der Waals surface area contributed by atoms with Crippen LogP contribution in [-0.4, -0.2) is 10.9 Å². The summed E-state index contributed by atoms with van der Waals surface area (Å²) in [4.78, 5) is 15.5. The van der Waals surface area contributed by atoms with E-state index < -0.39 is 17.8 Å². The number of hydrogen-bond acceptors (Lipinski definition) is 3. The fraction of sp³-hybridized carbons (Fsp3) is 0.0909. The molecule has 3 aromatic carbocycles. The minimum Gasteiger partial charge on any atom is -0.487 e. The highest BCUT2D eigenvalue weighted by Crippen LogP contribution is 2.34. The van der Waals surface area contributed by atoms with Gasteiger partial charge in [0.2, 0.25) is 0 Å². The lowest BCUT2D eigenvalue weighted by Gasteiger charge is -2.14. The maximum absolute atomic E-state index is 12.9. The van der Waals surface area contributed by atoms with E-state index in [2.05, 4.69) is 4.98 Å². The largest absolute Gasteiger partial charge is 0.487 e. The number of nitrogens with two attached hydrogens (primary N) is 1. The number of amides is 1. The molecule has 0 aliphatic rings. The molecule has 0 radical (unpaired) electrons. The summed E-state index contributed by atoms with van der Waals surface area (Å²) >= 11 is 6.06. The Hall–Kier alpha value is -3.32. The van der Waals surface area contributed by atoms with Gasteiger partial charge in [0.1, 0.15) is 18.1 Å². The number of primary amides is 1. The van der Waals surface area contributed by atoms with E-state index in [0.29, 0.717) is 16.7 Å². The Kier molecular flexibility index (Phi) is 4.99. The molecule has 1 heterocycles. The van der Waals surface area contributed by atoms with E-state index in [4.69, 9.17) is 22.1 Å². The van der Waals surface area contributed by atoms with E-state index in [1.54, 1.807) is 24.3 Å². The van der Waals surface area contributed by atoms with Crippen molar-refractivity contribution in [1.29, 1.82) is 0 Å². The van der Waals surface area contributed by atoms with Gasteiger partial charge in [-0.3, -0.25) is 4.79 Å². The summed E-state index contributed by atoms with van der Waals surface area (Å²) in [7, 11) is 0. The maximum atomic E-state index is 12.9. The van der Waals surface area contributed by atoms with Gasteiger partial charge in [0.15, 0.2) is 0 Å². The molecule has 0 aliphatic heterocycles. The van der Waals surface area contributed by atoms with Gasteiger partial charge >= 0.3 is 6.18 Å². The number of aromatic nitrogens is 1. The number of pyridine rings is 1. The van der Waals surface area contributed by atoms with E-state index in [9.17, 15) is 18.0 Å². The molecule has 1 aromatic heterocycles. The van der Waals surface area contributed by atoms with Crippen LogP contribution in [0.2, 0.25) is 5.02 Å².